The van der Waals surface area contributed by atoms with Crippen LogP contribution in [0.4, 0.5) is 0 Å². The van der Waals surface area contributed by atoms with Crippen LogP contribution in [0.5, 0.6) is 0 Å². The van der Waals surface area contributed by atoms with Gasteiger partial charge in [0.05, 0.1) is 0 Å². The summed E-state index contributed by atoms with van der Waals surface area (Å²) >= 11 is 1.79. The summed E-state index contributed by atoms with van der Waals surface area (Å²) in [7, 11) is 1.90. The van der Waals surface area contributed by atoms with Crippen LogP contribution >= 0.6 is 11.8 Å². The van der Waals surface area contributed by atoms with Crippen LogP contribution in [0.15, 0.2) is 53.4 Å². The lowest BCUT2D eigenvalue weighted by molar-refractivity contribution is 0.0803. The van der Waals surface area contributed by atoms with Gasteiger partial charge in [-0.3, -0.25) is 4.79 Å². The maximum absolute atomic E-state index is 12.8. The molecule has 2 aromatic carbocycles. The van der Waals surface area contributed by atoms with Gasteiger partial charge in [-0.2, -0.15) is 0 Å². The van der Waals surface area contributed by atoms with E-state index in [1.54, 1.807) is 11.8 Å². The normalized spacial score (nSPS) is 17.1. The van der Waals surface area contributed by atoms with Crippen LogP contribution in [-0.4, -0.2) is 43.2 Å². The molecule has 1 N–H and O–H groups in total. The number of carbonyl (C=O) groups is 1. The smallest absolute Gasteiger partial charge is 0.253 e. The lowest BCUT2D eigenvalue weighted by Gasteiger charge is -2.24. The fourth-order valence-electron chi connectivity index (χ4n) is 3.32. The Labute approximate surface area is 161 Å². The number of rotatable bonds is 6. The number of hydrogen-bond donors (Lipinski definition) is 1. The Kier molecular flexibility index (Phi) is 6.75. The monoisotopic (exact) mass is 368 g/mol. The van der Waals surface area contributed by atoms with Crippen LogP contribution in [0.2, 0.25) is 0 Å². The molecule has 1 heterocycles. The van der Waals surface area contributed by atoms with E-state index in [1.807, 2.05) is 24.1 Å². The molecule has 1 aliphatic rings. The molecule has 0 bridgehead atoms. The van der Waals surface area contributed by atoms with Gasteiger partial charge in [0.1, 0.15) is 0 Å². The maximum Gasteiger partial charge on any atom is 0.253 e. The van der Waals surface area contributed by atoms with Crippen LogP contribution in [-0.2, 0) is 0 Å². The number of carbonyl (C=O) groups excluding carboxylic acids is 1. The topological polar surface area (TPSA) is 32.3 Å². The minimum atomic E-state index is 0.111. The van der Waals surface area contributed by atoms with Gasteiger partial charge in [0, 0.05) is 36.3 Å². The van der Waals surface area contributed by atoms with Crippen LogP contribution in [0, 0.1) is 6.92 Å². The molecule has 3 nitrogen and oxygen atoms in total. The predicted molar refractivity (Wildman–Crippen MR) is 110 cm³/mol. The zero-order valence-corrected chi connectivity index (χ0v) is 16.5. The second-order valence-electron chi connectivity index (χ2n) is 7.06. The summed E-state index contributed by atoms with van der Waals surface area (Å²) in [5, 5.41) is 3.45. The first-order valence-electron chi connectivity index (χ1n) is 9.39. The Morgan fingerprint density at radius 1 is 1.23 bits per heavy atom. The van der Waals surface area contributed by atoms with Crippen molar-refractivity contribution in [1.29, 1.82) is 0 Å². The standard InChI is InChI=1S/C22H28N2OS/c1-17-8-10-21(11-9-17)26-14-13-24(2)22(25)19-6-3-5-18(15-19)20-7-4-12-23-16-20/h3,5-6,8-11,15,20,23H,4,7,12-14,16H2,1-2H3. The van der Waals surface area contributed by atoms with E-state index in [-0.39, 0.29) is 5.91 Å². The molecule has 26 heavy (non-hydrogen) atoms. The van der Waals surface area contributed by atoms with Crippen molar-refractivity contribution in [3.8, 4) is 0 Å². The summed E-state index contributed by atoms with van der Waals surface area (Å²) in [6.07, 6.45) is 2.41. The third-order valence-corrected chi connectivity index (χ3v) is 5.96. The van der Waals surface area contributed by atoms with Gasteiger partial charge in [-0.25, -0.2) is 0 Å². The second kappa shape index (κ2) is 9.24. The van der Waals surface area contributed by atoms with Gasteiger partial charge in [0.15, 0.2) is 0 Å². The van der Waals surface area contributed by atoms with E-state index in [0.29, 0.717) is 5.92 Å². The molecule has 1 amide bonds. The minimum Gasteiger partial charge on any atom is -0.341 e. The molecule has 0 saturated carbocycles. The van der Waals surface area contributed by atoms with Crippen molar-refractivity contribution < 1.29 is 4.79 Å². The minimum absolute atomic E-state index is 0.111. The molecular formula is C22H28N2OS. The molecule has 138 valence electrons. The Morgan fingerprint density at radius 2 is 2.04 bits per heavy atom. The Balaban J connectivity index is 1.55. The van der Waals surface area contributed by atoms with Gasteiger partial charge < -0.3 is 10.2 Å². The highest BCUT2D eigenvalue weighted by molar-refractivity contribution is 7.99. The summed E-state index contributed by atoms with van der Waals surface area (Å²) in [5.41, 5.74) is 3.36. The molecular weight excluding hydrogens is 340 g/mol. The Morgan fingerprint density at radius 3 is 2.77 bits per heavy atom. The van der Waals surface area contributed by atoms with E-state index in [0.717, 1.165) is 31.0 Å². The third kappa shape index (κ3) is 5.12. The Hall–Kier alpha value is -1.78. The number of thioether (sulfide) groups is 1. The number of amides is 1. The van der Waals surface area contributed by atoms with Crippen LogP contribution in [0.1, 0.15) is 40.2 Å². The fourth-order valence-corrected chi connectivity index (χ4v) is 4.25. The molecule has 2 aromatic rings. The first-order chi connectivity index (χ1) is 12.6. The number of piperidine rings is 1. The third-order valence-electron chi connectivity index (χ3n) is 4.96. The predicted octanol–water partition coefficient (Wildman–Crippen LogP) is 4.33. The first-order valence-corrected chi connectivity index (χ1v) is 10.4. The molecule has 1 fully saturated rings. The SMILES string of the molecule is Cc1ccc(SCCN(C)C(=O)c2cccc(C3CCCNC3)c2)cc1. The molecule has 0 aromatic heterocycles. The van der Waals surface area contributed by atoms with Crippen molar-refractivity contribution in [2.45, 2.75) is 30.6 Å². The average Bonchev–Trinajstić information content (AvgIpc) is 2.69. The van der Waals surface area contributed by atoms with Crippen molar-refractivity contribution in [2.24, 2.45) is 0 Å². The van der Waals surface area contributed by atoms with Crippen molar-refractivity contribution in [2.75, 3.05) is 32.4 Å². The molecule has 1 unspecified atom stereocenters. The molecule has 4 heteroatoms. The summed E-state index contributed by atoms with van der Waals surface area (Å²) in [6.45, 7) is 4.96. The van der Waals surface area contributed by atoms with Gasteiger partial charge in [-0.05, 0) is 62.1 Å². The molecule has 3 rings (SSSR count). The van der Waals surface area contributed by atoms with E-state index in [4.69, 9.17) is 0 Å². The molecule has 0 aliphatic carbocycles. The first kappa shape index (κ1) is 19.0. The van der Waals surface area contributed by atoms with E-state index in [1.165, 1.54) is 28.9 Å². The average molecular weight is 369 g/mol. The van der Waals surface area contributed by atoms with Crippen molar-refractivity contribution in [3.05, 3.63) is 65.2 Å². The number of aryl methyl sites for hydroxylation is 1. The van der Waals surface area contributed by atoms with Gasteiger partial charge in [-0.1, -0.05) is 29.8 Å². The Bertz CT molecular complexity index is 723. The molecule has 1 aliphatic heterocycles. The number of nitrogens with zero attached hydrogens (tertiary/aromatic N) is 1. The van der Waals surface area contributed by atoms with Gasteiger partial charge in [-0.15, -0.1) is 11.8 Å². The number of benzene rings is 2. The van der Waals surface area contributed by atoms with E-state index < -0.39 is 0 Å². The van der Waals surface area contributed by atoms with Gasteiger partial charge in [0.25, 0.3) is 5.91 Å². The largest absolute Gasteiger partial charge is 0.341 e. The number of hydrogen-bond acceptors (Lipinski definition) is 3. The van der Waals surface area contributed by atoms with Crippen LogP contribution in [0.3, 0.4) is 0 Å². The maximum atomic E-state index is 12.8. The zero-order chi connectivity index (χ0) is 18.4. The molecule has 0 spiro atoms. The second-order valence-corrected chi connectivity index (χ2v) is 8.23. The number of nitrogens with one attached hydrogen (secondary N) is 1. The summed E-state index contributed by atoms with van der Waals surface area (Å²) in [5.74, 6) is 1.54. The highest BCUT2D eigenvalue weighted by Gasteiger charge is 2.17. The molecule has 1 saturated heterocycles. The quantitative estimate of drug-likeness (QED) is 0.771. The van der Waals surface area contributed by atoms with Gasteiger partial charge in [0.2, 0.25) is 0 Å². The van der Waals surface area contributed by atoms with Crippen LogP contribution < -0.4 is 5.32 Å². The van der Waals surface area contributed by atoms with Crippen molar-refractivity contribution in [3.63, 3.8) is 0 Å². The fraction of sp³-hybridized carbons (Fsp3) is 0.409. The van der Waals surface area contributed by atoms with E-state index >= 15 is 0 Å². The van der Waals surface area contributed by atoms with E-state index in [2.05, 4.69) is 48.6 Å². The summed E-state index contributed by atoms with van der Waals surface area (Å²) < 4.78 is 0. The highest BCUT2D eigenvalue weighted by Crippen LogP contribution is 2.24. The lowest BCUT2D eigenvalue weighted by Crippen LogP contribution is -2.30. The van der Waals surface area contributed by atoms with Crippen molar-refractivity contribution >= 4 is 17.7 Å². The van der Waals surface area contributed by atoms with Gasteiger partial charge >= 0.3 is 0 Å². The summed E-state index contributed by atoms with van der Waals surface area (Å²) in [6, 6.07) is 16.7. The lowest BCUT2D eigenvalue weighted by atomic mass is 9.90. The summed E-state index contributed by atoms with van der Waals surface area (Å²) in [4.78, 5) is 15.9. The highest BCUT2D eigenvalue weighted by atomic mass is 32.2. The zero-order valence-electron chi connectivity index (χ0n) is 15.7. The van der Waals surface area contributed by atoms with Crippen molar-refractivity contribution in [1.82, 2.24) is 10.2 Å². The van der Waals surface area contributed by atoms with Crippen LogP contribution in [0.25, 0.3) is 0 Å². The molecule has 0 radical (unpaired) electrons. The van der Waals surface area contributed by atoms with E-state index in [9.17, 15) is 4.79 Å². The molecule has 1 atom stereocenters.